The fourth-order valence-corrected chi connectivity index (χ4v) is 4.79. The van der Waals surface area contributed by atoms with Gasteiger partial charge in [-0.05, 0) is 91.1 Å². The van der Waals surface area contributed by atoms with E-state index >= 15 is 0 Å². The molecule has 4 rings (SSSR count). The van der Waals surface area contributed by atoms with E-state index < -0.39 is 6.10 Å². The molecule has 0 fully saturated rings. The van der Waals surface area contributed by atoms with Gasteiger partial charge in [0.15, 0.2) is 0 Å². The van der Waals surface area contributed by atoms with E-state index in [0.29, 0.717) is 31.5 Å². The Morgan fingerprint density at radius 3 is 2.58 bits per heavy atom. The van der Waals surface area contributed by atoms with Crippen LogP contribution in [-0.2, 0) is 19.4 Å². The summed E-state index contributed by atoms with van der Waals surface area (Å²) in [6.07, 6.45) is 3.05. The van der Waals surface area contributed by atoms with Crippen molar-refractivity contribution < 1.29 is 23.7 Å². The molecule has 0 aliphatic carbocycles. The van der Waals surface area contributed by atoms with Crippen molar-refractivity contribution in [2.75, 3.05) is 13.1 Å². The number of ether oxygens (including phenoxy) is 1. The third-order valence-electron chi connectivity index (χ3n) is 7.08. The van der Waals surface area contributed by atoms with E-state index in [0.717, 1.165) is 37.1 Å². The average Bonchev–Trinajstić information content (AvgIpc) is 2.88. The zero-order valence-electron chi connectivity index (χ0n) is 20.7. The second kappa shape index (κ2) is 12.3. The molecule has 0 spiro atoms. The van der Waals surface area contributed by atoms with Crippen molar-refractivity contribution in [3.63, 3.8) is 0 Å². The van der Waals surface area contributed by atoms with Gasteiger partial charge in [0, 0.05) is 19.6 Å². The molecule has 3 aromatic rings. The van der Waals surface area contributed by atoms with Gasteiger partial charge in [-0.15, -0.1) is 0 Å². The molecule has 3 atom stereocenters. The van der Waals surface area contributed by atoms with Crippen molar-refractivity contribution in [2.45, 2.75) is 57.8 Å². The molecule has 0 bridgehead atoms. The zero-order valence-corrected chi connectivity index (χ0v) is 20.7. The van der Waals surface area contributed by atoms with Crippen LogP contribution in [0.4, 0.5) is 8.78 Å². The van der Waals surface area contributed by atoms with Crippen LogP contribution in [0.5, 0.6) is 11.5 Å². The summed E-state index contributed by atoms with van der Waals surface area (Å²) in [7, 11) is 0. The number of phenols is 1. The number of aryl methyl sites for hydroxylation is 2. The molecule has 0 amide bonds. The normalized spacial score (nSPS) is 16.9. The lowest BCUT2D eigenvalue weighted by molar-refractivity contribution is 0.0558. The van der Waals surface area contributed by atoms with E-state index in [1.807, 2.05) is 25.1 Å². The minimum absolute atomic E-state index is 0.0290. The first-order valence-corrected chi connectivity index (χ1v) is 12.7. The van der Waals surface area contributed by atoms with E-state index in [9.17, 15) is 19.0 Å². The Labute approximate surface area is 212 Å². The predicted molar refractivity (Wildman–Crippen MR) is 137 cm³/mol. The van der Waals surface area contributed by atoms with Crippen molar-refractivity contribution in [3.8, 4) is 11.5 Å². The van der Waals surface area contributed by atoms with Gasteiger partial charge in [0.2, 0.25) is 0 Å². The lowest BCUT2D eigenvalue weighted by Gasteiger charge is -2.31. The van der Waals surface area contributed by atoms with E-state index in [4.69, 9.17) is 4.74 Å². The van der Waals surface area contributed by atoms with Crippen LogP contribution in [0.3, 0.4) is 0 Å². The molecular weight excluding hydrogens is 460 g/mol. The second-order valence-corrected chi connectivity index (χ2v) is 9.90. The third-order valence-corrected chi connectivity index (χ3v) is 7.08. The van der Waals surface area contributed by atoms with E-state index in [-0.39, 0.29) is 29.4 Å². The van der Waals surface area contributed by atoms with Crippen molar-refractivity contribution >= 4 is 0 Å². The molecule has 0 aromatic heterocycles. The highest BCUT2D eigenvalue weighted by Gasteiger charge is 2.23. The van der Waals surface area contributed by atoms with Gasteiger partial charge in [-0.1, -0.05) is 37.3 Å². The summed E-state index contributed by atoms with van der Waals surface area (Å²) in [6.45, 7) is 3.95. The van der Waals surface area contributed by atoms with E-state index in [2.05, 4.69) is 17.0 Å². The molecule has 3 unspecified atom stereocenters. The minimum atomic E-state index is -0.569. The average molecular weight is 496 g/mol. The number of hydrogen-bond acceptors (Lipinski definition) is 4. The van der Waals surface area contributed by atoms with Crippen LogP contribution in [0.2, 0.25) is 0 Å². The number of aromatic hydroxyl groups is 1. The van der Waals surface area contributed by atoms with Gasteiger partial charge < -0.3 is 14.9 Å². The third kappa shape index (κ3) is 7.28. The smallest absolute Gasteiger partial charge is 0.123 e. The summed E-state index contributed by atoms with van der Waals surface area (Å²) in [6, 6.07) is 18.8. The van der Waals surface area contributed by atoms with Crippen molar-refractivity contribution in [1.29, 1.82) is 0 Å². The minimum Gasteiger partial charge on any atom is -0.508 e. The largest absolute Gasteiger partial charge is 0.508 e. The summed E-state index contributed by atoms with van der Waals surface area (Å²) in [5.41, 5.74) is 2.65. The lowest BCUT2D eigenvalue weighted by atomic mass is 9.95. The first-order chi connectivity index (χ1) is 17.4. The molecule has 36 heavy (non-hydrogen) atoms. The highest BCUT2D eigenvalue weighted by atomic mass is 19.1. The van der Waals surface area contributed by atoms with Gasteiger partial charge in [-0.25, -0.2) is 8.78 Å². The molecule has 1 heterocycles. The number of rotatable bonds is 11. The summed E-state index contributed by atoms with van der Waals surface area (Å²) < 4.78 is 33.2. The fraction of sp³-hybridized carbons (Fsp3) is 0.400. The summed E-state index contributed by atoms with van der Waals surface area (Å²) in [5, 5.41) is 21.0. The van der Waals surface area contributed by atoms with Gasteiger partial charge in [0.05, 0.1) is 6.10 Å². The van der Waals surface area contributed by atoms with Crippen LogP contribution in [0.25, 0.3) is 0 Å². The number of benzene rings is 3. The predicted octanol–water partition coefficient (Wildman–Crippen LogP) is 5.89. The van der Waals surface area contributed by atoms with Crippen LogP contribution in [0.1, 0.15) is 42.9 Å². The summed E-state index contributed by atoms with van der Waals surface area (Å²) >= 11 is 0. The number of phenolic OH excluding ortho intramolecular Hbond substituents is 1. The van der Waals surface area contributed by atoms with E-state index in [1.165, 1.54) is 29.8 Å². The number of nitrogens with zero attached hydrogens (tertiary/aromatic N) is 1. The highest BCUT2D eigenvalue weighted by molar-refractivity contribution is 5.36. The van der Waals surface area contributed by atoms with Gasteiger partial charge in [-0.3, -0.25) is 4.90 Å². The van der Waals surface area contributed by atoms with Crippen LogP contribution in [0, 0.1) is 17.6 Å². The van der Waals surface area contributed by atoms with Crippen LogP contribution < -0.4 is 4.74 Å². The Bertz CT molecular complexity index is 1120. The van der Waals surface area contributed by atoms with Crippen molar-refractivity contribution in [1.82, 2.24) is 4.90 Å². The summed E-state index contributed by atoms with van der Waals surface area (Å²) in [5.74, 6) is 0.207. The van der Waals surface area contributed by atoms with Crippen LogP contribution >= 0.6 is 0 Å². The molecule has 1 aliphatic rings. The van der Waals surface area contributed by atoms with Crippen molar-refractivity contribution in [3.05, 3.63) is 95.1 Å². The molecule has 0 saturated heterocycles. The van der Waals surface area contributed by atoms with Crippen LogP contribution in [-0.4, -0.2) is 40.4 Å². The number of aliphatic hydroxyl groups excluding tert-OH is 1. The SMILES string of the molecule is CC(CCc1cc(F)ccc1O)C(O)CN(CCC1CCc2cc(F)ccc2O1)Cc1ccccc1. The van der Waals surface area contributed by atoms with Gasteiger partial charge >= 0.3 is 0 Å². The maximum atomic E-state index is 13.6. The monoisotopic (exact) mass is 495 g/mol. The Kier molecular flexibility index (Phi) is 8.94. The topological polar surface area (TPSA) is 52.9 Å². The molecule has 3 aromatic carbocycles. The Balaban J connectivity index is 1.34. The molecule has 0 saturated carbocycles. The number of hydrogen-bond donors (Lipinski definition) is 2. The molecule has 4 nitrogen and oxygen atoms in total. The fourth-order valence-electron chi connectivity index (χ4n) is 4.79. The zero-order chi connectivity index (χ0) is 25.5. The molecule has 1 aliphatic heterocycles. The summed E-state index contributed by atoms with van der Waals surface area (Å²) in [4.78, 5) is 2.25. The Morgan fingerprint density at radius 1 is 1.03 bits per heavy atom. The lowest BCUT2D eigenvalue weighted by Crippen LogP contribution is -2.38. The number of fused-ring (bicyclic) bond motifs is 1. The first-order valence-electron chi connectivity index (χ1n) is 12.7. The van der Waals surface area contributed by atoms with Crippen molar-refractivity contribution in [2.24, 2.45) is 5.92 Å². The molecule has 6 heteroatoms. The maximum absolute atomic E-state index is 13.6. The second-order valence-electron chi connectivity index (χ2n) is 9.90. The molecule has 192 valence electrons. The standard InChI is InChI=1S/C30H35F2NO3/c1-21(7-8-23-17-25(31)10-13-28(23)34)29(35)20-33(19-22-5-3-2-4-6-22)16-15-27-12-9-24-18-26(32)11-14-30(24)36-27/h2-6,10-11,13-14,17-18,21,27,29,34-35H,7-9,12,15-16,19-20H2,1H3. The van der Waals surface area contributed by atoms with Crippen LogP contribution in [0.15, 0.2) is 66.7 Å². The highest BCUT2D eigenvalue weighted by Crippen LogP contribution is 2.29. The van der Waals surface area contributed by atoms with Gasteiger partial charge in [0.1, 0.15) is 29.2 Å². The van der Waals surface area contributed by atoms with Gasteiger partial charge in [0.25, 0.3) is 0 Å². The molecular formula is C30H35F2NO3. The molecule has 2 N–H and O–H groups in total. The Morgan fingerprint density at radius 2 is 1.78 bits per heavy atom. The van der Waals surface area contributed by atoms with Gasteiger partial charge in [-0.2, -0.15) is 0 Å². The molecule has 0 radical (unpaired) electrons. The number of halogens is 2. The first kappa shape index (κ1) is 26.1. The number of aliphatic hydroxyl groups is 1. The maximum Gasteiger partial charge on any atom is 0.123 e. The Hall–Kier alpha value is -2.96. The van der Waals surface area contributed by atoms with E-state index in [1.54, 1.807) is 12.1 Å². The quantitative estimate of drug-likeness (QED) is 0.349.